The van der Waals surface area contributed by atoms with E-state index in [1.54, 1.807) is 36.4 Å². The molecular formula is C22H11F7S2. The summed E-state index contributed by atoms with van der Waals surface area (Å²) in [6, 6.07) is 12.4. The number of alkyl halides is 7. The molecule has 2 aliphatic carbocycles. The summed E-state index contributed by atoms with van der Waals surface area (Å²) in [5.74, 6) is -16.9. The molecule has 0 nitrogen and oxygen atoms in total. The highest BCUT2D eigenvalue weighted by molar-refractivity contribution is 8.01. The maximum atomic E-state index is 16.7. The monoisotopic (exact) mass is 472 g/mol. The van der Waals surface area contributed by atoms with Gasteiger partial charge in [-0.15, -0.1) is 23.1 Å². The quantitative estimate of drug-likeness (QED) is 0.375. The van der Waals surface area contributed by atoms with E-state index >= 15 is 22.0 Å². The van der Waals surface area contributed by atoms with Gasteiger partial charge in [-0.05, 0) is 30.2 Å². The number of thioether (sulfide) groups is 1. The topological polar surface area (TPSA) is 0 Å². The van der Waals surface area contributed by atoms with Crippen LogP contribution in [-0.4, -0.2) is 28.2 Å². The fourth-order valence-corrected chi connectivity index (χ4v) is 8.15. The van der Waals surface area contributed by atoms with E-state index in [0.717, 1.165) is 18.3 Å². The van der Waals surface area contributed by atoms with Crippen molar-refractivity contribution in [1.82, 2.24) is 0 Å². The average Bonchev–Trinajstić information content (AvgIpc) is 3.24. The molecule has 0 amide bonds. The maximum Gasteiger partial charge on any atom is 0.379 e. The van der Waals surface area contributed by atoms with Gasteiger partial charge in [0.1, 0.15) is 0 Å². The molecule has 1 fully saturated rings. The van der Waals surface area contributed by atoms with E-state index < -0.39 is 39.0 Å². The molecular weight excluding hydrogens is 461 g/mol. The highest BCUT2D eigenvalue weighted by Gasteiger charge is 2.94. The molecule has 2 atom stereocenters. The van der Waals surface area contributed by atoms with Gasteiger partial charge >= 0.3 is 17.8 Å². The van der Waals surface area contributed by atoms with E-state index in [4.69, 9.17) is 0 Å². The van der Waals surface area contributed by atoms with Crippen LogP contribution in [0.1, 0.15) is 12.5 Å². The highest BCUT2D eigenvalue weighted by atomic mass is 32.2. The molecule has 3 aromatic rings. The largest absolute Gasteiger partial charge is 0.379 e. The summed E-state index contributed by atoms with van der Waals surface area (Å²) in [6.45, 7) is 1.03. The Morgan fingerprint density at radius 3 is 2.16 bits per heavy atom. The third-order valence-corrected chi connectivity index (χ3v) is 9.22. The molecule has 0 unspecified atom stereocenters. The molecule has 0 saturated heterocycles. The SMILES string of the molecule is C[C@@]12Sc3ccccc3C1=c1sc3ccccc3c1=C1C(F)(F)C(F)(F)C(F)(F)[C@]12F. The van der Waals surface area contributed by atoms with Crippen LogP contribution in [0.4, 0.5) is 30.7 Å². The Morgan fingerprint density at radius 2 is 1.42 bits per heavy atom. The van der Waals surface area contributed by atoms with Crippen molar-refractivity contribution in [2.24, 2.45) is 0 Å². The number of rotatable bonds is 0. The Kier molecular flexibility index (Phi) is 3.37. The van der Waals surface area contributed by atoms with Gasteiger partial charge in [0.15, 0.2) is 0 Å². The number of thiophene rings is 1. The van der Waals surface area contributed by atoms with E-state index in [1.807, 2.05) is 0 Å². The molecule has 2 aromatic carbocycles. The Bertz CT molecular complexity index is 1440. The molecule has 31 heavy (non-hydrogen) atoms. The van der Waals surface area contributed by atoms with Gasteiger partial charge in [-0.1, -0.05) is 36.4 Å². The fourth-order valence-electron chi connectivity index (χ4n) is 5.15. The molecule has 1 aromatic heterocycles. The van der Waals surface area contributed by atoms with Crippen molar-refractivity contribution >= 4 is 44.3 Å². The molecule has 6 rings (SSSR count). The van der Waals surface area contributed by atoms with Crippen LogP contribution >= 0.6 is 23.1 Å². The summed E-state index contributed by atoms with van der Waals surface area (Å²) >= 11 is 1.63. The standard InChI is InChI=1S/C22H11F7S2/c1-18-15(11-7-3-5-9-13(11)31-18)16-14(10-6-2-4-8-12(10)30-16)17-19(18,23)21(26,27)22(28,29)20(17,24)25/h2-9H,1H3/t18-,19+/m1/s1. The van der Waals surface area contributed by atoms with Crippen molar-refractivity contribution in [1.29, 1.82) is 0 Å². The molecule has 1 saturated carbocycles. The van der Waals surface area contributed by atoms with Crippen LogP contribution in [0.5, 0.6) is 0 Å². The second-order valence-electron chi connectivity index (χ2n) is 8.07. The van der Waals surface area contributed by atoms with Crippen LogP contribution in [0, 0.1) is 0 Å². The van der Waals surface area contributed by atoms with Crippen LogP contribution in [0.3, 0.4) is 0 Å². The van der Waals surface area contributed by atoms with Gasteiger partial charge in [-0.25, -0.2) is 4.39 Å². The lowest BCUT2D eigenvalue weighted by molar-refractivity contribution is -0.287. The van der Waals surface area contributed by atoms with Crippen LogP contribution in [-0.2, 0) is 0 Å². The third kappa shape index (κ3) is 1.78. The zero-order valence-electron chi connectivity index (χ0n) is 15.6. The minimum absolute atomic E-state index is 0.0590. The van der Waals surface area contributed by atoms with Crippen molar-refractivity contribution < 1.29 is 30.7 Å². The molecule has 0 spiro atoms. The molecule has 1 aliphatic heterocycles. The van der Waals surface area contributed by atoms with Gasteiger partial charge in [-0.3, -0.25) is 0 Å². The third-order valence-electron chi connectivity index (χ3n) is 6.56. The number of fused-ring (bicyclic) bond motifs is 8. The van der Waals surface area contributed by atoms with Gasteiger partial charge in [0, 0.05) is 24.7 Å². The zero-order valence-corrected chi connectivity index (χ0v) is 17.2. The molecule has 2 heterocycles. The summed E-state index contributed by atoms with van der Waals surface area (Å²) in [7, 11) is 0. The van der Waals surface area contributed by atoms with Crippen molar-refractivity contribution in [3.05, 3.63) is 63.8 Å². The van der Waals surface area contributed by atoms with E-state index in [9.17, 15) is 8.78 Å². The summed E-state index contributed by atoms with van der Waals surface area (Å²) in [6.07, 6.45) is 0. The van der Waals surface area contributed by atoms with Gasteiger partial charge in [0.05, 0.1) is 10.3 Å². The lowest BCUT2D eigenvalue weighted by Gasteiger charge is -2.43. The minimum atomic E-state index is -5.89. The Labute approximate surface area is 179 Å². The zero-order chi connectivity index (χ0) is 22.2. The van der Waals surface area contributed by atoms with Crippen LogP contribution in [0.15, 0.2) is 53.4 Å². The van der Waals surface area contributed by atoms with Crippen molar-refractivity contribution in [3.8, 4) is 0 Å². The van der Waals surface area contributed by atoms with Gasteiger partial charge in [0.2, 0.25) is 5.67 Å². The lowest BCUT2D eigenvalue weighted by Crippen LogP contribution is -2.63. The summed E-state index contributed by atoms with van der Waals surface area (Å²) in [4.78, 5) is 0.385. The first-order valence-corrected chi connectivity index (χ1v) is 10.9. The van der Waals surface area contributed by atoms with Gasteiger partial charge < -0.3 is 0 Å². The Balaban J connectivity index is 1.98. The van der Waals surface area contributed by atoms with Crippen molar-refractivity contribution in [3.63, 3.8) is 0 Å². The predicted molar refractivity (Wildman–Crippen MR) is 106 cm³/mol. The highest BCUT2D eigenvalue weighted by Crippen LogP contribution is 2.74. The summed E-state index contributed by atoms with van der Waals surface area (Å²) in [5.41, 5.74) is -5.66. The van der Waals surface area contributed by atoms with Gasteiger partial charge in [-0.2, -0.15) is 26.3 Å². The van der Waals surface area contributed by atoms with Crippen molar-refractivity contribution in [2.45, 2.75) is 40.0 Å². The smallest absolute Gasteiger partial charge is 0.230 e. The first-order chi connectivity index (χ1) is 14.4. The molecule has 0 N–H and O–H groups in total. The van der Waals surface area contributed by atoms with Crippen LogP contribution in [0.25, 0.3) is 21.2 Å². The van der Waals surface area contributed by atoms with E-state index in [0.29, 0.717) is 26.9 Å². The fraction of sp³-hybridized carbons (Fsp3) is 0.273. The van der Waals surface area contributed by atoms with E-state index in [2.05, 4.69) is 0 Å². The molecule has 9 heteroatoms. The number of hydrogen-bond donors (Lipinski definition) is 0. The number of halogens is 7. The number of benzene rings is 2. The first kappa shape index (κ1) is 19.7. The van der Waals surface area contributed by atoms with E-state index in [1.165, 1.54) is 12.1 Å². The molecule has 0 bridgehead atoms. The number of hydrogen-bond acceptors (Lipinski definition) is 2. The van der Waals surface area contributed by atoms with Crippen LogP contribution < -0.4 is 9.75 Å². The molecule has 3 aliphatic rings. The average molecular weight is 472 g/mol. The Hall–Kier alpha value is -2.00. The van der Waals surface area contributed by atoms with Crippen molar-refractivity contribution in [2.75, 3.05) is 0 Å². The first-order valence-electron chi connectivity index (χ1n) is 9.29. The summed E-state index contributed by atoms with van der Waals surface area (Å²) in [5, 5.41) is -0.466. The summed E-state index contributed by atoms with van der Waals surface area (Å²) < 4.78 is 105. The molecule has 0 radical (unpaired) electrons. The van der Waals surface area contributed by atoms with Crippen LogP contribution in [0.2, 0.25) is 0 Å². The second kappa shape index (κ2) is 5.31. The van der Waals surface area contributed by atoms with Gasteiger partial charge in [0.25, 0.3) is 0 Å². The second-order valence-corrected chi connectivity index (χ2v) is 10.6. The Morgan fingerprint density at radius 1 is 0.774 bits per heavy atom. The lowest BCUT2D eigenvalue weighted by atomic mass is 9.72. The predicted octanol–water partition coefficient (Wildman–Crippen LogP) is 5.76. The van der Waals surface area contributed by atoms with E-state index in [-0.39, 0.29) is 15.5 Å². The minimum Gasteiger partial charge on any atom is -0.230 e. The normalized spacial score (nSPS) is 31.4. The maximum absolute atomic E-state index is 16.7. The molecule has 160 valence electrons.